The summed E-state index contributed by atoms with van der Waals surface area (Å²) < 4.78 is 10.9. The third-order valence-corrected chi connectivity index (χ3v) is 3.42. The van der Waals surface area contributed by atoms with Crippen molar-refractivity contribution < 1.29 is 29.9 Å². The molecule has 0 spiro atoms. The van der Waals surface area contributed by atoms with Crippen molar-refractivity contribution in [2.45, 2.75) is 30.7 Å². The summed E-state index contributed by atoms with van der Waals surface area (Å²) in [6.07, 6.45) is -5.73. The fourth-order valence-corrected chi connectivity index (χ4v) is 2.07. The maximum absolute atomic E-state index is 9.88. The molecular formula is C13H17ClO6. The van der Waals surface area contributed by atoms with Crippen molar-refractivity contribution in [3.63, 3.8) is 0 Å². The summed E-state index contributed by atoms with van der Waals surface area (Å²) in [4.78, 5) is 0. The lowest BCUT2D eigenvalue weighted by Gasteiger charge is -2.25. The summed E-state index contributed by atoms with van der Waals surface area (Å²) in [6, 6.07) is 6.86. The fourth-order valence-electron chi connectivity index (χ4n) is 1.95. The Morgan fingerprint density at radius 3 is 2.45 bits per heavy atom. The highest BCUT2D eigenvalue weighted by molar-refractivity contribution is 6.30. The van der Waals surface area contributed by atoms with E-state index in [-0.39, 0.29) is 6.61 Å². The van der Waals surface area contributed by atoms with E-state index in [1.165, 1.54) is 0 Å². The Balaban J connectivity index is 1.96. The zero-order valence-corrected chi connectivity index (χ0v) is 11.3. The number of hydrogen-bond acceptors (Lipinski definition) is 6. The van der Waals surface area contributed by atoms with Gasteiger partial charge >= 0.3 is 0 Å². The molecule has 7 heteroatoms. The number of aliphatic hydroxyl groups excluding tert-OH is 4. The summed E-state index contributed by atoms with van der Waals surface area (Å²) >= 11 is 5.78. The quantitative estimate of drug-likeness (QED) is 0.603. The van der Waals surface area contributed by atoms with Crippen molar-refractivity contribution in [2.24, 2.45) is 0 Å². The Morgan fingerprint density at radius 2 is 1.85 bits per heavy atom. The van der Waals surface area contributed by atoms with Crippen LogP contribution in [0.1, 0.15) is 11.9 Å². The molecule has 5 atom stereocenters. The van der Waals surface area contributed by atoms with Crippen molar-refractivity contribution in [1.29, 1.82) is 0 Å². The first-order valence-corrected chi connectivity index (χ1v) is 6.58. The third kappa shape index (κ3) is 3.48. The van der Waals surface area contributed by atoms with Crippen LogP contribution in [0.15, 0.2) is 24.3 Å². The van der Waals surface area contributed by atoms with E-state index in [0.717, 1.165) is 5.56 Å². The summed E-state index contributed by atoms with van der Waals surface area (Å²) in [5, 5.41) is 38.1. The molecule has 0 radical (unpaired) electrons. The van der Waals surface area contributed by atoms with E-state index in [2.05, 4.69) is 0 Å². The van der Waals surface area contributed by atoms with Gasteiger partial charge in [0.1, 0.15) is 24.4 Å². The van der Waals surface area contributed by atoms with E-state index < -0.39 is 37.3 Å². The van der Waals surface area contributed by atoms with Gasteiger partial charge in [-0.3, -0.25) is 0 Å². The van der Waals surface area contributed by atoms with E-state index >= 15 is 0 Å². The van der Waals surface area contributed by atoms with E-state index in [9.17, 15) is 15.3 Å². The molecule has 1 fully saturated rings. The van der Waals surface area contributed by atoms with Gasteiger partial charge in [0.25, 0.3) is 0 Å². The Morgan fingerprint density at radius 1 is 1.20 bits per heavy atom. The molecule has 1 aromatic carbocycles. The molecule has 1 heterocycles. The summed E-state index contributed by atoms with van der Waals surface area (Å²) in [5.74, 6) is 0. The SMILES string of the molecule is OC[C@@H](O)[C@H](O)[C@@H](O)[C@@H]1COC(c2ccc(Cl)cc2)O1. The summed E-state index contributed by atoms with van der Waals surface area (Å²) in [7, 11) is 0. The molecule has 0 amide bonds. The van der Waals surface area contributed by atoms with Crippen molar-refractivity contribution in [3.8, 4) is 0 Å². The lowest BCUT2D eigenvalue weighted by atomic mass is 10.0. The number of hydrogen-bond donors (Lipinski definition) is 4. The molecule has 2 rings (SSSR count). The Hall–Kier alpha value is -0.730. The molecule has 1 aliphatic rings. The zero-order valence-electron chi connectivity index (χ0n) is 10.6. The number of halogens is 1. The predicted octanol–water partition coefficient (Wildman–Crippen LogP) is -0.171. The smallest absolute Gasteiger partial charge is 0.184 e. The molecule has 1 saturated heterocycles. The van der Waals surface area contributed by atoms with Crippen molar-refractivity contribution >= 4 is 11.6 Å². The highest BCUT2D eigenvalue weighted by Gasteiger charge is 2.38. The van der Waals surface area contributed by atoms with E-state index in [1.807, 2.05) is 0 Å². The second-order valence-corrected chi connectivity index (χ2v) is 5.06. The molecule has 6 nitrogen and oxygen atoms in total. The van der Waals surface area contributed by atoms with Crippen molar-refractivity contribution in [2.75, 3.05) is 13.2 Å². The first-order valence-electron chi connectivity index (χ1n) is 6.20. The molecule has 0 saturated carbocycles. The average Bonchev–Trinajstić information content (AvgIpc) is 2.95. The number of rotatable bonds is 5. The lowest BCUT2D eigenvalue weighted by Crippen LogP contribution is -2.46. The number of ether oxygens (including phenoxy) is 2. The van der Waals surface area contributed by atoms with Crippen LogP contribution in [-0.4, -0.2) is 58.1 Å². The molecule has 0 aromatic heterocycles. The second kappa shape index (κ2) is 6.82. The van der Waals surface area contributed by atoms with E-state index in [1.54, 1.807) is 24.3 Å². The number of aliphatic hydroxyl groups is 4. The first-order chi connectivity index (χ1) is 9.52. The summed E-state index contributed by atoms with van der Waals surface area (Å²) in [5.41, 5.74) is 0.737. The monoisotopic (exact) mass is 304 g/mol. The minimum absolute atomic E-state index is 0.0731. The summed E-state index contributed by atoms with van der Waals surface area (Å²) in [6.45, 7) is -0.573. The molecule has 20 heavy (non-hydrogen) atoms. The van der Waals surface area contributed by atoms with Gasteiger partial charge in [-0.2, -0.15) is 0 Å². The molecule has 1 unspecified atom stereocenters. The molecular weight excluding hydrogens is 288 g/mol. The van der Waals surface area contributed by atoms with Gasteiger partial charge in [-0.05, 0) is 12.1 Å². The van der Waals surface area contributed by atoms with Gasteiger partial charge in [-0.25, -0.2) is 0 Å². The van der Waals surface area contributed by atoms with Crippen molar-refractivity contribution in [1.82, 2.24) is 0 Å². The molecule has 1 aliphatic heterocycles. The third-order valence-electron chi connectivity index (χ3n) is 3.16. The van der Waals surface area contributed by atoms with Crippen LogP contribution in [0.4, 0.5) is 0 Å². The topological polar surface area (TPSA) is 99.4 Å². The zero-order chi connectivity index (χ0) is 14.7. The molecule has 4 N–H and O–H groups in total. The molecule has 0 aliphatic carbocycles. The van der Waals surface area contributed by atoms with Gasteiger partial charge in [0, 0.05) is 10.6 Å². The van der Waals surface area contributed by atoms with Gasteiger partial charge in [0.15, 0.2) is 6.29 Å². The van der Waals surface area contributed by atoms with E-state index in [4.69, 9.17) is 26.2 Å². The van der Waals surface area contributed by atoms with Gasteiger partial charge in [0.05, 0.1) is 13.2 Å². The van der Waals surface area contributed by atoms with Gasteiger partial charge < -0.3 is 29.9 Å². The fraction of sp³-hybridized carbons (Fsp3) is 0.538. The maximum Gasteiger partial charge on any atom is 0.184 e. The van der Waals surface area contributed by atoms with Crippen LogP contribution in [0.2, 0.25) is 5.02 Å². The van der Waals surface area contributed by atoms with Crippen LogP contribution in [0.3, 0.4) is 0 Å². The largest absolute Gasteiger partial charge is 0.394 e. The van der Waals surface area contributed by atoms with Gasteiger partial charge in [-0.15, -0.1) is 0 Å². The van der Waals surface area contributed by atoms with Crippen LogP contribution in [0.25, 0.3) is 0 Å². The minimum Gasteiger partial charge on any atom is -0.394 e. The van der Waals surface area contributed by atoms with Crippen LogP contribution >= 0.6 is 11.6 Å². The predicted molar refractivity (Wildman–Crippen MR) is 70.1 cm³/mol. The number of benzene rings is 1. The standard InChI is InChI=1S/C13H17ClO6/c14-8-3-1-7(2-4-8)13-19-6-10(20-13)12(18)11(17)9(16)5-15/h1-4,9-13,15-18H,5-6H2/t9-,10+,11+,12+,13?/m1/s1. The van der Waals surface area contributed by atoms with Crippen LogP contribution in [-0.2, 0) is 9.47 Å². The van der Waals surface area contributed by atoms with Crippen LogP contribution < -0.4 is 0 Å². The molecule has 0 bridgehead atoms. The van der Waals surface area contributed by atoms with E-state index in [0.29, 0.717) is 5.02 Å². The maximum atomic E-state index is 9.88. The molecule has 112 valence electrons. The van der Waals surface area contributed by atoms with Gasteiger partial charge in [0.2, 0.25) is 0 Å². The lowest BCUT2D eigenvalue weighted by molar-refractivity contribution is -0.134. The second-order valence-electron chi connectivity index (χ2n) is 4.62. The Kier molecular flexibility index (Phi) is 5.34. The Labute approximate surface area is 121 Å². The highest BCUT2D eigenvalue weighted by Crippen LogP contribution is 2.29. The highest BCUT2D eigenvalue weighted by atomic mass is 35.5. The first kappa shape index (κ1) is 15.7. The average molecular weight is 305 g/mol. The Bertz CT molecular complexity index is 425. The normalized spacial score (nSPS) is 27.2. The van der Waals surface area contributed by atoms with Crippen LogP contribution in [0, 0.1) is 0 Å². The molecule has 1 aromatic rings. The van der Waals surface area contributed by atoms with Gasteiger partial charge in [-0.1, -0.05) is 23.7 Å². The van der Waals surface area contributed by atoms with Crippen molar-refractivity contribution in [3.05, 3.63) is 34.9 Å². The minimum atomic E-state index is -1.50. The van der Waals surface area contributed by atoms with Crippen LogP contribution in [0.5, 0.6) is 0 Å².